The maximum Gasteiger partial charge on any atom is 0.303 e. The van der Waals surface area contributed by atoms with E-state index in [0.29, 0.717) is 16.9 Å². The van der Waals surface area contributed by atoms with Gasteiger partial charge in [0.15, 0.2) is 6.10 Å². The number of H-pyrrole nitrogens is 1. The molecule has 0 bridgehead atoms. The molecule has 1 atom stereocenters. The van der Waals surface area contributed by atoms with E-state index in [2.05, 4.69) is 9.97 Å². The highest BCUT2D eigenvalue weighted by molar-refractivity contribution is 6.08. The summed E-state index contributed by atoms with van der Waals surface area (Å²) in [6.45, 7) is 3.65. The molecule has 0 saturated carbocycles. The smallest absolute Gasteiger partial charge is 0.303 e. The Kier molecular flexibility index (Phi) is 5.58. The summed E-state index contributed by atoms with van der Waals surface area (Å²) >= 11 is 0. The minimum atomic E-state index is -0.908. The van der Waals surface area contributed by atoms with Crippen LogP contribution in [0.25, 0.3) is 21.8 Å². The number of nitrogens with one attached hydrogen (secondary N) is 1. The van der Waals surface area contributed by atoms with Gasteiger partial charge in [-0.25, -0.2) is 4.98 Å². The molecule has 2 heterocycles. The number of fused-ring (bicyclic) bond motifs is 3. The van der Waals surface area contributed by atoms with Gasteiger partial charge >= 0.3 is 17.9 Å². The molecule has 8 heteroatoms. The van der Waals surface area contributed by atoms with Crippen LogP contribution in [0.1, 0.15) is 38.3 Å². The maximum absolute atomic E-state index is 11.6. The van der Waals surface area contributed by atoms with E-state index in [0.717, 1.165) is 16.3 Å². The lowest BCUT2D eigenvalue weighted by Crippen LogP contribution is -2.18. The normalized spacial score (nSPS) is 12.0. The monoisotopic (exact) mass is 384 g/mol. The van der Waals surface area contributed by atoms with E-state index in [-0.39, 0.29) is 13.2 Å². The van der Waals surface area contributed by atoms with E-state index in [4.69, 9.17) is 14.2 Å². The molecular weight excluding hydrogens is 364 g/mol. The van der Waals surface area contributed by atoms with Gasteiger partial charge in [-0.2, -0.15) is 0 Å². The molecule has 0 unspecified atom stereocenters. The van der Waals surface area contributed by atoms with Crippen LogP contribution < -0.4 is 0 Å². The van der Waals surface area contributed by atoms with E-state index < -0.39 is 24.0 Å². The van der Waals surface area contributed by atoms with Crippen LogP contribution in [-0.2, 0) is 35.2 Å². The van der Waals surface area contributed by atoms with Crippen molar-refractivity contribution in [1.29, 1.82) is 0 Å². The second-order valence-electron chi connectivity index (χ2n) is 6.27. The van der Waals surface area contributed by atoms with Gasteiger partial charge in [-0.15, -0.1) is 0 Å². The zero-order valence-corrected chi connectivity index (χ0v) is 15.8. The van der Waals surface area contributed by atoms with Crippen molar-refractivity contribution in [2.24, 2.45) is 0 Å². The largest absolute Gasteiger partial charge is 0.461 e. The fourth-order valence-electron chi connectivity index (χ4n) is 2.97. The molecule has 0 aliphatic rings. The van der Waals surface area contributed by atoms with Gasteiger partial charge in [-0.1, -0.05) is 18.2 Å². The van der Waals surface area contributed by atoms with Gasteiger partial charge in [0, 0.05) is 37.1 Å². The number of hydrogen-bond acceptors (Lipinski definition) is 7. The molecule has 0 radical (unpaired) electrons. The third-order valence-corrected chi connectivity index (χ3v) is 4.05. The second-order valence-corrected chi connectivity index (χ2v) is 6.27. The molecular formula is C20H20N2O6. The summed E-state index contributed by atoms with van der Waals surface area (Å²) < 4.78 is 15.5. The lowest BCUT2D eigenvalue weighted by molar-refractivity contribution is -0.156. The van der Waals surface area contributed by atoms with E-state index in [1.165, 1.54) is 20.8 Å². The number of carbonyl (C=O) groups excluding carboxylic acids is 3. The molecule has 0 saturated heterocycles. The van der Waals surface area contributed by atoms with Crippen molar-refractivity contribution < 1.29 is 28.6 Å². The predicted molar refractivity (Wildman–Crippen MR) is 100 cm³/mol. The Morgan fingerprint density at radius 2 is 1.71 bits per heavy atom. The van der Waals surface area contributed by atoms with Gasteiger partial charge in [-0.05, 0) is 12.1 Å². The zero-order chi connectivity index (χ0) is 20.3. The summed E-state index contributed by atoms with van der Waals surface area (Å²) in [4.78, 5) is 41.9. The molecule has 146 valence electrons. The number of esters is 3. The maximum atomic E-state index is 11.6. The van der Waals surface area contributed by atoms with Crippen LogP contribution in [0.15, 0.2) is 30.3 Å². The number of nitrogens with zero attached hydrogens (tertiary/aromatic N) is 1. The van der Waals surface area contributed by atoms with Crippen LogP contribution >= 0.6 is 0 Å². The molecule has 2 aromatic heterocycles. The van der Waals surface area contributed by atoms with Crippen molar-refractivity contribution in [2.45, 2.75) is 33.5 Å². The van der Waals surface area contributed by atoms with Crippen LogP contribution in [0.2, 0.25) is 0 Å². The molecule has 3 rings (SSSR count). The Morgan fingerprint density at radius 3 is 2.39 bits per heavy atom. The average molecular weight is 384 g/mol. The predicted octanol–water partition coefficient (Wildman–Crippen LogP) is 2.95. The fraction of sp³-hybridized carbons (Fsp3) is 0.300. The van der Waals surface area contributed by atoms with Gasteiger partial charge < -0.3 is 19.2 Å². The molecule has 8 nitrogen and oxygen atoms in total. The Morgan fingerprint density at radius 1 is 1.00 bits per heavy atom. The molecule has 28 heavy (non-hydrogen) atoms. The minimum Gasteiger partial charge on any atom is -0.461 e. The average Bonchev–Trinajstić information content (AvgIpc) is 3.01. The molecule has 0 aliphatic heterocycles. The first-order valence-corrected chi connectivity index (χ1v) is 8.69. The molecule has 0 spiro atoms. The van der Waals surface area contributed by atoms with Crippen LogP contribution in [0.3, 0.4) is 0 Å². The third kappa shape index (κ3) is 4.28. The molecule has 0 amide bonds. The Hall–Kier alpha value is -3.42. The summed E-state index contributed by atoms with van der Waals surface area (Å²) in [5, 5.41) is 1.78. The highest BCUT2D eigenvalue weighted by Gasteiger charge is 2.24. The van der Waals surface area contributed by atoms with Crippen molar-refractivity contribution in [1.82, 2.24) is 9.97 Å². The van der Waals surface area contributed by atoms with Crippen molar-refractivity contribution in [2.75, 3.05) is 6.61 Å². The van der Waals surface area contributed by atoms with Crippen LogP contribution in [0, 0.1) is 0 Å². The van der Waals surface area contributed by atoms with Crippen molar-refractivity contribution >= 4 is 39.7 Å². The zero-order valence-electron chi connectivity index (χ0n) is 15.8. The number of aromatic amines is 1. The van der Waals surface area contributed by atoms with Crippen molar-refractivity contribution in [3.05, 3.63) is 41.7 Å². The van der Waals surface area contributed by atoms with Crippen LogP contribution in [0.4, 0.5) is 0 Å². The molecule has 3 aromatic rings. The van der Waals surface area contributed by atoms with Crippen molar-refractivity contribution in [3.63, 3.8) is 0 Å². The van der Waals surface area contributed by atoms with Crippen LogP contribution in [0.5, 0.6) is 0 Å². The lowest BCUT2D eigenvalue weighted by atomic mass is 10.1. The first-order chi connectivity index (χ1) is 13.3. The topological polar surface area (TPSA) is 108 Å². The quantitative estimate of drug-likeness (QED) is 0.514. The van der Waals surface area contributed by atoms with Gasteiger partial charge in [0.25, 0.3) is 0 Å². The highest BCUT2D eigenvalue weighted by Crippen LogP contribution is 2.32. The number of hydrogen-bond donors (Lipinski definition) is 1. The molecule has 0 aliphatic carbocycles. The van der Waals surface area contributed by atoms with Gasteiger partial charge in [0.05, 0.1) is 11.2 Å². The summed E-state index contributed by atoms with van der Waals surface area (Å²) in [5.74, 6) is -1.46. The molecule has 0 fully saturated rings. The summed E-state index contributed by atoms with van der Waals surface area (Å²) in [6.07, 6.45) is -0.908. The number of aromatic nitrogens is 2. The van der Waals surface area contributed by atoms with Gasteiger partial charge in [0.2, 0.25) is 0 Å². The van der Waals surface area contributed by atoms with E-state index in [9.17, 15) is 14.4 Å². The summed E-state index contributed by atoms with van der Waals surface area (Å²) in [5.41, 5.74) is 2.42. The van der Waals surface area contributed by atoms with Gasteiger partial charge in [0.1, 0.15) is 18.9 Å². The first kappa shape index (κ1) is 19.3. The number of benzene rings is 1. The van der Waals surface area contributed by atoms with E-state index in [1.807, 2.05) is 30.3 Å². The third-order valence-electron chi connectivity index (χ3n) is 4.05. The van der Waals surface area contributed by atoms with Gasteiger partial charge in [-0.3, -0.25) is 14.4 Å². The number of rotatable bonds is 6. The van der Waals surface area contributed by atoms with E-state index >= 15 is 0 Å². The number of para-hydroxylation sites is 1. The van der Waals surface area contributed by atoms with Crippen LogP contribution in [-0.4, -0.2) is 34.5 Å². The number of pyridine rings is 1. The fourth-order valence-corrected chi connectivity index (χ4v) is 2.97. The minimum absolute atomic E-state index is 0.0296. The number of carbonyl (C=O) groups is 3. The SMILES string of the molecule is CC(=O)OCc1cc2c([nH]c3ccccc32)c([C@@H](COC(C)=O)OC(C)=O)n1. The summed E-state index contributed by atoms with van der Waals surface area (Å²) in [7, 11) is 0. The molecule has 1 aromatic carbocycles. The summed E-state index contributed by atoms with van der Waals surface area (Å²) in [6, 6.07) is 9.48. The Bertz CT molecular complexity index is 1060. The highest BCUT2D eigenvalue weighted by atomic mass is 16.6. The Labute approximate surface area is 160 Å². The molecule has 1 N–H and O–H groups in total. The first-order valence-electron chi connectivity index (χ1n) is 8.69. The second kappa shape index (κ2) is 8.08. The standard InChI is InChI=1S/C20H20N2O6/c1-11(23)26-9-14-8-16-15-6-4-5-7-17(15)22-19(16)20(21-14)18(28-13(3)25)10-27-12(2)24/h4-8,18,22H,9-10H2,1-3H3/t18-/m1/s1. The lowest BCUT2D eigenvalue weighted by Gasteiger charge is -2.18. The Balaban J connectivity index is 2.16. The number of ether oxygens (including phenoxy) is 3. The van der Waals surface area contributed by atoms with E-state index in [1.54, 1.807) is 0 Å². The van der Waals surface area contributed by atoms with Crippen molar-refractivity contribution in [3.8, 4) is 0 Å².